The molecule has 3 atom stereocenters. The van der Waals surface area contributed by atoms with Crippen LogP contribution in [0.3, 0.4) is 0 Å². The number of hydrogen-bond acceptors (Lipinski definition) is 6. The van der Waals surface area contributed by atoms with Crippen molar-refractivity contribution in [3.8, 4) is 0 Å². The Morgan fingerprint density at radius 1 is 1.32 bits per heavy atom. The Morgan fingerprint density at radius 3 is 2.63 bits per heavy atom. The lowest BCUT2D eigenvalue weighted by Crippen LogP contribution is -2.44. The molecule has 0 amide bonds. The van der Waals surface area contributed by atoms with Gasteiger partial charge in [-0.25, -0.2) is 0 Å². The molecule has 3 aliphatic rings. The highest BCUT2D eigenvalue weighted by atomic mass is 32.2. The molecule has 1 spiro atoms. The van der Waals surface area contributed by atoms with Crippen LogP contribution >= 0.6 is 23.5 Å². The molecule has 1 aliphatic heterocycles. The van der Waals surface area contributed by atoms with E-state index < -0.39 is 16.2 Å². The summed E-state index contributed by atoms with van der Waals surface area (Å²) >= 11 is 3.83. The van der Waals surface area contributed by atoms with Crippen molar-refractivity contribution in [1.29, 1.82) is 0 Å². The SMILES string of the molecule is CS(=O)(=O)O[C@@H]1CC2(SCCCS2)[C@H]2CC(=O)[C@H]1C2. The number of carbonyl (C=O) groups is 1. The van der Waals surface area contributed by atoms with E-state index in [2.05, 4.69) is 0 Å². The van der Waals surface area contributed by atoms with Crippen LogP contribution in [-0.4, -0.2) is 42.1 Å². The fraction of sp³-hybridized carbons (Fsp3) is 0.917. The predicted octanol–water partition coefficient (Wildman–Crippen LogP) is 1.90. The zero-order valence-electron chi connectivity index (χ0n) is 10.8. The van der Waals surface area contributed by atoms with Crippen LogP contribution in [-0.2, 0) is 19.1 Å². The van der Waals surface area contributed by atoms with Gasteiger partial charge in [-0.3, -0.25) is 8.98 Å². The van der Waals surface area contributed by atoms with Gasteiger partial charge in [0.15, 0.2) is 0 Å². The molecule has 2 bridgehead atoms. The quantitative estimate of drug-likeness (QED) is 0.724. The summed E-state index contributed by atoms with van der Waals surface area (Å²) in [5, 5.41) is 0. The minimum Gasteiger partial charge on any atom is -0.299 e. The fourth-order valence-corrected chi connectivity index (χ4v) is 7.80. The zero-order valence-corrected chi connectivity index (χ0v) is 13.3. The second-order valence-corrected chi connectivity index (χ2v) is 10.3. The van der Waals surface area contributed by atoms with Gasteiger partial charge in [0.25, 0.3) is 10.1 Å². The van der Waals surface area contributed by atoms with E-state index in [-0.39, 0.29) is 15.8 Å². The molecular formula is C12H18O4S3. The van der Waals surface area contributed by atoms with Gasteiger partial charge in [-0.15, -0.1) is 23.5 Å². The highest BCUT2D eigenvalue weighted by molar-refractivity contribution is 8.18. The first-order valence-electron chi connectivity index (χ1n) is 6.58. The summed E-state index contributed by atoms with van der Waals surface area (Å²) in [5.74, 6) is 2.61. The average molecular weight is 322 g/mol. The smallest absolute Gasteiger partial charge is 0.264 e. The van der Waals surface area contributed by atoms with Crippen molar-refractivity contribution in [1.82, 2.24) is 0 Å². The predicted molar refractivity (Wildman–Crippen MR) is 77.8 cm³/mol. The molecule has 3 fully saturated rings. The standard InChI is InChI=1S/C12H18O4S3/c1-19(14,15)16-11-7-12(17-3-2-4-18-12)8-5-9(11)10(13)6-8/h8-9,11H,2-7H2,1H3/t8-,9-,11-/m1/s1. The van der Waals surface area contributed by atoms with Gasteiger partial charge in [-0.2, -0.15) is 8.42 Å². The second kappa shape index (κ2) is 4.93. The van der Waals surface area contributed by atoms with Crippen molar-refractivity contribution in [2.24, 2.45) is 11.8 Å². The summed E-state index contributed by atoms with van der Waals surface area (Å²) in [6.07, 6.45) is 3.92. The van der Waals surface area contributed by atoms with E-state index in [1.54, 1.807) is 0 Å². The molecule has 3 rings (SSSR count). The Balaban J connectivity index is 1.87. The largest absolute Gasteiger partial charge is 0.299 e. The monoisotopic (exact) mass is 322 g/mol. The van der Waals surface area contributed by atoms with Crippen molar-refractivity contribution in [2.75, 3.05) is 17.8 Å². The summed E-state index contributed by atoms with van der Waals surface area (Å²) in [6, 6.07) is 0. The fourth-order valence-electron chi connectivity index (χ4n) is 3.47. The lowest BCUT2D eigenvalue weighted by atomic mass is 9.85. The summed E-state index contributed by atoms with van der Waals surface area (Å²) in [4.78, 5) is 12.1. The van der Waals surface area contributed by atoms with Crippen molar-refractivity contribution in [3.63, 3.8) is 0 Å². The maximum absolute atomic E-state index is 12.1. The minimum atomic E-state index is -3.50. The zero-order chi connectivity index (χ0) is 13.7. The number of carbonyl (C=O) groups excluding carboxylic acids is 1. The van der Waals surface area contributed by atoms with Crippen molar-refractivity contribution in [3.05, 3.63) is 0 Å². The van der Waals surface area contributed by atoms with Gasteiger partial charge >= 0.3 is 0 Å². The highest BCUT2D eigenvalue weighted by Gasteiger charge is 2.56. The maximum Gasteiger partial charge on any atom is 0.264 e. The molecule has 4 nitrogen and oxygen atoms in total. The van der Waals surface area contributed by atoms with Crippen molar-refractivity contribution in [2.45, 2.75) is 35.9 Å². The van der Waals surface area contributed by atoms with E-state index in [0.717, 1.165) is 24.2 Å². The molecule has 0 unspecified atom stereocenters. The molecule has 0 aromatic rings. The van der Waals surface area contributed by atoms with Gasteiger partial charge in [0.2, 0.25) is 0 Å². The molecule has 2 aliphatic carbocycles. The molecule has 7 heteroatoms. The van der Waals surface area contributed by atoms with Crippen molar-refractivity contribution >= 4 is 39.4 Å². The molecule has 108 valence electrons. The van der Waals surface area contributed by atoms with Crippen LogP contribution in [0.4, 0.5) is 0 Å². The Bertz CT molecular complexity index is 481. The summed E-state index contributed by atoms with van der Waals surface area (Å²) in [6.45, 7) is 0. The Labute approximate surface area is 122 Å². The van der Waals surface area contributed by atoms with Gasteiger partial charge in [0.1, 0.15) is 5.78 Å². The molecule has 0 aromatic carbocycles. The number of ketones is 1. The molecule has 0 aromatic heterocycles. The van der Waals surface area contributed by atoms with Gasteiger partial charge in [-0.05, 0) is 36.7 Å². The Hall–Kier alpha value is 0.280. The van der Waals surface area contributed by atoms with Gasteiger partial charge in [0, 0.05) is 12.3 Å². The Morgan fingerprint density at radius 2 is 2.00 bits per heavy atom. The Kier molecular flexibility index (Phi) is 3.69. The number of Topliss-reactive ketones (excluding diaryl/α,β-unsaturated/α-hetero) is 1. The van der Waals surface area contributed by atoms with E-state index in [0.29, 0.717) is 18.8 Å². The van der Waals surface area contributed by atoms with E-state index >= 15 is 0 Å². The van der Waals surface area contributed by atoms with E-state index in [4.69, 9.17) is 4.18 Å². The molecule has 2 saturated carbocycles. The van der Waals surface area contributed by atoms with Crippen molar-refractivity contribution < 1.29 is 17.4 Å². The van der Waals surface area contributed by atoms with Crippen LogP contribution in [0.1, 0.15) is 25.7 Å². The minimum absolute atomic E-state index is 0.0102. The molecular weight excluding hydrogens is 304 g/mol. The van der Waals surface area contributed by atoms with Gasteiger partial charge in [0.05, 0.1) is 16.4 Å². The molecule has 1 heterocycles. The van der Waals surface area contributed by atoms with Gasteiger partial charge < -0.3 is 0 Å². The van der Waals surface area contributed by atoms with E-state index in [9.17, 15) is 13.2 Å². The third kappa shape index (κ3) is 2.71. The number of fused-ring (bicyclic) bond motifs is 3. The highest BCUT2D eigenvalue weighted by Crippen LogP contribution is 2.60. The molecule has 1 saturated heterocycles. The summed E-state index contributed by atoms with van der Waals surface area (Å²) in [7, 11) is -3.50. The second-order valence-electron chi connectivity index (χ2n) is 5.61. The number of thioether (sulfide) groups is 2. The third-order valence-electron chi connectivity index (χ3n) is 4.24. The topological polar surface area (TPSA) is 60.4 Å². The van der Waals surface area contributed by atoms with Gasteiger partial charge in [-0.1, -0.05) is 0 Å². The van der Waals surface area contributed by atoms with Crippen LogP contribution in [0.5, 0.6) is 0 Å². The van der Waals surface area contributed by atoms with Crippen LogP contribution in [0.25, 0.3) is 0 Å². The lowest BCUT2D eigenvalue weighted by molar-refractivity contribution is -0.122. The van der Waals surface area contributed by atoms with E-state index in [1.165, 1.54) is 6.42 Å². The lowest BCUT2D eigenvalue weighted by Gasteiger charge is -2.45. The first-order valence-corrected chi connectivity index (χ1v) is 10.4. The third-order valence-corrected chi connectivity index (χ3v) is 8.50. The first-order chi connectivity index (χ1) is 8.90. The molecule has 0 N–H and O–H groups in total. The van der Waals surface area contributed by atoms with Crippen LogP contribution in [0.2, 0.25) is 0 Å². The van der Waals surface area contributed by atoms with Crippen LogP contribution in [0.15, 0.2) is 0 Å². The first kappa shape index (κ1) is 14.2. The molecule has 19 heavy (non-hydrogen) atoms. The summed E-state index contributed by atoms with van der Waals surface area (Å²) in [5.41, 5.74) is 0. The summed E-state index contributed by atoms with van der Waals surface area (Å²) < 4.78 is 28.1. The normalized spacial score (nSPS) is 37.7. The van der Waals surface area contributed by atoms with E-state index in [1.807, 2.05) is 23.5 Å². The number of hydrogen-bond donors (Lipinski definition) is 0. The van der Waals surface area contributed by atoms with Crippen LogP contribution < -0.4 is 0 Å². The number of rotatable bonds is 2. The maximum atomic E-state index is 12.1. The average Bonchev–Trinajstić information content (AvgIpc) is 2.66. The van der Waals surface area contributed by atoms with Crippen LogP contribution in [0, 0.1) is 11.8 Å². The molecule has 0 radical (unpaired) electrons.